The molecule has 8 heteroatoms. The SMILES string of the molecule is CCCCCCCCCCOc1ccc(-c2ccc(C(=O)Oc3ccc(C(=O)OC(C)C(=O)OCCOCCC)cc3)cc2)cc1. The van der Waals surface area contributed by atoms with E-state index in [4.69, 9.17) is 23.7 Å². The maximum atomic E-state index is 12.7. The van der Waals surface area contributed by atoms with E-state index in [0.717, 1.165) is 36.3 Å². The quantitative estimate of drug-likeness (QED) is 0.0654. The lowest BCUT2D eigenvalue weighted by Gasteiger charge is -2.13. The number of ether oxygens (including phenoxy) is 5. The Labute approximate surface area is 273 Å². The Balaban J connectivity index is 1.40. The van der Waals surface area contributed by atoms with Crippen LogP contribution in [-0.2, 0) is 19.0 Å². The summed E-state index contributed by atoms with van der Waals surface area (Å²) >= 11 is 0. The Morgan fingerprint density at radius 1 is 0.565 bits per heavy atom. The smallest absolute Gasteiger partial charge is 0.347 e. The van der Waals surface area contributed by atoms with Gasteiger partial charge in [0.25, 0.3) is 0 Å². The highest BCUT2D eigenvalue weighted by Gasteiger charge is 2.20. The number of carbonyl (C=O) groups is 3. The fourth-order valence-electron chi connectivity index (χ4n) is 4.64. The summed E-state index contributed by atoms with van der Waals surface area (Å²) in [5.74, 6) is -0.742. The molecule has 1 atom stereocenters. The number of carbonyl (C=O) groups excluding carboxylic acids is 3. The maximum Gasteiger partial charge on any atom is 0.347 e. The molecule has 3 rings (SSSR count). The molecule has 0 aliphatic heterocycles. The number of benzene rings is 3. The van der Waals surface area contributed by atoms with Gasteiger partial charge in [-0.25, -0.2) is 14.4 Å². The van der Waals surface area contributed by atoms with E-state index in [0.29, 0.717) is 12.2 Å². The van der Waals surface area contributed by atoms with Gasteiger partial charge in [-0.15, -0.1) is 0 Å². The zero-order chi connectivity index (χ0) is 33.0. The molecule has 0 aromatic heterocycles. The molecule has 0 radical (unpaired) electrons. The van der Waals surface area contributed by atoms with Gasteiger partial charge < -0.3 is 23.7 Å². The van der Waals surface area contributed by atoms with E-state index >= 15 is 0 Å². The van der Waals surface area contributed by atoms with Crippen molar-refractivity contribution in [3.05, 3.63) is 83.9 Å². The zero-order valence-corrected chi connectivity index (χ0v) is 27.5. The first kappa shape index (κ1) is 36.3. The molecule has 1 unspecified atom stereocenters. The van der Waals surface area contributed by atoms with Crippen molar-refractivity contribution in [2.24, 2.45) is 0 Å². The number of esters is 3. The summed E-state index contributed by atoms with van der Waals surface area (Å²) in [7, 11) is 0. The zero-order valence-electron chi connectivity index (χ0n) is 27.5. The molecule has 46 heavy (non-hydrogen) atoms. The minimum absolute atomic E-state index is 0.0888. The first-order valence-electron chi connectivity index (χ1n) is 16.5. The van der Waals surface area contributed by atoms with E-state index in [-0.39, 0.29) is 24.5 Å². The van der Waals surface area contributed by atoms with Gasteiger partial charge in [0, 0.05) is 6.61 Å². The Bertz CT molecular complexity index is 1320. The van der Waals surface area contributed by atoms with Crippen LogP contribution in [0.15, 0.2) is 72.8 Å². The van der Waals surface area contributed by atoms with E-state index in [9.17, 15) is 14.4 Å². The van der Waals surface area contributed by atoms with Crippen LogP contribution in [0.4, 0.5) is 0 Å². The van der Waals surface area contributed by atoms with Gasteiger partial charge in [0.2, 0.25) is 0 Å². The van der Waals surface area contributed by atoms with Gasteiger partial charge in [-0.1, -0.05) is 83.1 Å². The van der Waals surface area contributed by atoms with Crippen molar-refractivity contribution < 1.29 is 38.1 Å². The number of hydrogen-bond donors (Lipinski definition) is 0. The second-order valence-electron chi connectivity index (χ2n) is 11.2. The normalized spacial score (nSPS) is 11.5. The topological polar surface area (TPSA) is 97.4 Å². The second-order valence-corrected chi connectivity index (χ2v) is 11.2. The number of rotatable bonds is 21. The van der Waals surface area contributed by atoms with Crippen LogP contribution in [0.25, 0.3) is 11.1 Å². The predicted octanol–water partition coefficient (Wildman–Crippen LogP) is 8.61. The molecule has 0 saturated heterocycles. The molecule has 0 spiro atoms. The van der Waals surface area contributed by atoms with Crippen LogP contribution in [0.2, 0.25) is 0 Å². The van der Waals surface area contributed by atoms with Crippen LogP contribution in [-0.4, -0.2) is 50.4 Å². The molecule has 0 aliphatic carbocycles. The predicted molar refractivity (Wildman–Crippen MR) is 178 cm³/mol. The van der Waals surface area contributed by atoms with Crippen molar-refractivity contribution in [2.75, 3.05) is 26.4 Å². The molecule has 0 aliphatic rings. The molecule has 0 bridgehead atoms. The van der Waals surface area contributed by atoms with Gasteiger partial charge in [-0.05, 0) is 79.4 Å². The molecule has 8 nitrogen and oxygen atoms in total. The average molecular weight is 633 g/mol. The Morgan fingerprint density at radius 2 is 1.11 bits per heavy atom. The van der Waals surface area contributed by atoms with E-state index in [1.807, 2.05) is 43.3 Å². The third kappa shape index (κ3) is 13.1. The lowest BCUT2D eigenvalue weighted by atomic mass is 10.0. The van der Waals surface area contributed by atoms with Crippen LogP contribution >= 0.6 is 0 Å². The van der Waals surface area contributed by atoms with Crippen LogP contribution < -0.4 is 9.47 Å². The first-order chi connectivity index (χ1) is 22.4. The lowest BCUT2D eigenvalue weighted by Crippen LogP contribution is -2.27. The maximum absolute atomic E-state index is 12.7. The van der Waals surface area contributed by atoms with Crippen LogP contribution in [0.3, 0.4) is 0 Å². The summed E-state index contributed by atoms with van der Waals surface area (Å²) in [6.45, 7) is 7.36. The lowest BCUT2D eigenvalue weighted by molar-refractivity contribution is -0.154. The monoisotopic (exact) mass is 632 g/mol. The van der Waals surface area contributed by atoms with Gasteiger partial charge in [0.05, 0.1) is 24.3 Å². The van der Waals surface area contributed by atoms with E-state index in [1.165, 1.54) is 76.1 Å². The van der Waals surface area contributed by atoms with Crippen molar-refractivity contribution in [1.29, 1.82) is 0 Å². The van der Waals surface area contributed by atoms with E-state index < -0.39 is 24.0 Å². The Kier molecular flexibility index (Phi) is 16.4. The molecule has 0 fully saturated rings. The second kappa shape index (κ2) is 20.8. The largest absolute Gasteiger partial charge is 0.494 e. The highest BCUT2D eigenvalue weighted by atomic mass is 16.6. The summed E-state index contributed by atoms with van der Waals surface area (Å²) < 4.78 is 26.9. The summed E-state index contributed by atoms with van der Waals surface area (Å²) in [5, 5.41) is 0. The average Bonchev–Trinajstić information content (AvgIpc) is 3.08. The molecule has 3 aromatic carbocycles. The third-order valence-electron chi connectivity index (χ3n) is 7.31. The first-order valence-corrected chi connectivity index (χ1v) is 16.5. The van der Waals surface area contributed by atoms with Crippen LogP contribution in [0.5, 0.6) is 11.5 Å². The van der Waals surface area contributed by atoms with E-state index in [1.54, 1.807) is 12.1 Å². The fraction of sp³-hybridized carbons (Fsp3) is 0.447. The van der Waals surface area contributed by atoms with Crippen LogP contribution in [0.1, 0.15) is 99.3 Å². The summed E-state index contributed by atoms with van der Waals surface area (Å²) in [6, 6.07) is 21.1. The van der Waals surface area contributed by atoms with Gasteiger partial charge >= 0.3 is 17.9 Å². The van der Waals surface area contributed by atoms with Gasteiger partial charge in [-0.3, -0.25) is 0 Å². The third-order valence-corrected chi connectivity index (χ3v) is 7.31. The summed E-state index contributed by atoms with van der Waals surface area (Å²) in [4.78, 5) is 37.2. The van der Waals surface area contributed by atoms with Crippen molar-refractivity contribution in [2.45, 2.75) is 84.7 Å². The molecule has 248 valence electrons. The van der Waals surface area contributed by atoms with Gasteiger partial charge in [0.15, 0.2) is 6.10 Å². The summed E-state index contributed by atoms with van der Waals surface area (Å²) in [6.07, 6.45) is 9.97. The number of unbranched alkanes of at least 4 members (excludes halogenated alkanes) is 7. The van der Waals surface area contributed by atoms with Crippen molar-refractivity contribution >= 4 is 17.9 Å². The summed E-state index contributed by atoms with van der Waals surface area (Å²) in [5.41, 5.74) is 2.59. The molecular formula is C38H48O8. The van der Waals surface area contributed by atoms with Crippen molar-refractivity contribution in [3.63, 3.8) is 0 Å². The van der Waals surface area contributed by atoms with Gasteiger partial charge in [-0.2, -0.15) is 0 Å². The molecule has 0 saturated carbocycles. The number of hydrogen-bond acceptors (Lipinski definition) is 8. The molecule has 0 heterocycles. The highest BCUT2D eigenvalue weighted by molar-refractivity contribution is 5.93. The van der Waals surface area contributed by atoms with Gasteiger partial charge in [0.1, 0.15) is 18.1 Å². The molecule has 0 amide bonds. The highest BCUT2D eigenvalue weighted by Crippen LogP contribution is 2.24. The molecule has 3 aromatic rings. The van der Waals surface area contributed by atoms with E-state index in [2.05, 4.69) is 6.92 Å². The van der Waals surface area contributed by atoms with Crippen LogP contribution in [0, 0.1) is 0 Å². The Hall–Kier alpha value is -4.17. The minimum atomic E-state index is -1.07. The van der Waals surface area contributed by atoms with Crippen molar-refractivity contribution in [1.82, 2.24) is 0 Å². The minimum Gasteiger partial charge on any atom is -0.494 e. The Morgan fingerprint density at radius 3 is 1.74 bits per heavy atom. The fourth-order valence-corrected chi connectivity index (χ4v) is 4.64. The van der Waals surface area contributed by atoms with Crippen molar-refractivity contribution in [3.8, 4) is 22.6 Å². The molecular weight excluding hydrogens is 584 g/mol. The standard InChI is InChI=1S/C38H48O8/c1-4-6-7-8-9-10-11-12-26-43-34-21-17-31(18-22-34)30-13-15-32(16-14-30)38(41)46-35-23-19-33(20-24-35)37(40)45-29(3)36(39)44-28-27-42-25-5-2/h13-24,29H,4-12,25-28H2,1-3H3. The molecule has 0 N–H and O–H groups in total.